The van der Waals surface area contributed by atoms with E-state index in [0.29, 0.717) is 0 Å². The first kappa shape index (κ1) is 14.8. The number of ketones is 1. The molecule has 0 unspecified atom stereocenters. The van der Waals surface area contributed by atoms with Crippen molar-refractivity contribution in [3.63, 3.8) is 0 Å². The predicted octanol–water partition coefficient (Wildman–Crippen LogP) is 0.788. The van der Waals surface area contributed by atoms with Crippen molar-refractivity contribution in [3.8, 4) is 0 Å². The lowest BCUT2D eigenvalue weighted by molar-refractivity contribution is 0.0988. The molecule has 1 heterocycles. The van der Waals surface area contributed by atoms with Gasteiger partial charge in [-0.3, -0.25) is 14.2 Å². The van der Waals surface area contributed by atoms with E-state index in [1.807, 2.05) is 0 Å². The zero-order valence-electron chi connectivity index (χ0n) is 11.4. The highest BCUT2D eigenvalue weighted by Crippen LogP contribution is 2.13. The molecule has 0 N–H and O–H groups in total. The van der Waals surface area contributed by atoms with Crippen LogP contribution in [0.4, 0.5) is 8.78 Å². The Kier molecular flexibility index (Phi) is 3.84. The SMILES string of the molecule is Cn1cc(C(=O)Cc2cccc(F)c2F)c(=O)n(C)c1=O. The fourth-order valence-electron chi connectivity index (χ4n) is 1.95. The van der Waals surface area contributed by atoms with Crippen LogP contribution in [0.25, 0.3) is 0 Å². The summed E-state index contributed by atoms with van der Waals surface area (Å²) >= 11 is 0. The highest BCUT2D eigenvalue weighted by atomic mass is 19.2. The van der Waals surface area contributed by atoms with Gasteiger partial charge < -0.3 is 4.57 Å². The summed E-state index contributed by atoms with van der Waals surface area (Å²) in [5.41, 5.74) is -1.73. The van der Waals surface area contributed by atoms with E-state index in [4.69, 9.17) is 0 Å². The molecule has 5 nitrogen and oxygen atoms in total. The average Bonchev–Trinajstić information content (AvgIpc) is 2.45. The fraction of sp³-hybridized carbons (Fsp3) is 0.214. The van der Waals surface area contributed by atoms with Crippen LogP contribution in [0.2, 0.25) is 0 Å². The summed E-state index contributed by atoms with van der Waals surface area (Å²) in [6.45, 7) is 0. The first-order valence-electron chi connectivity index (χ1n) is 6.05. The Balaban J connectivity index is 2.45. The molecular weight excluding hydrogens is 282 g/mol. The van der Waals surface area contributed by atoms with Gasteiger partial charge in [-0.2, -0.15) is 0 Å². The smallest absolute Gasteiger partial charge is 0.303 e. The van der Waals surface area contributed by atoms with E-state index in [2.05, 4.69) is 0 Å². The minimum Gasteiger partial charge on any atom is -0.303 e. The molecule has 7 heteroatoms. The summed E-state index contributed by atoms with van der Waals surface area (Å²) < 4.78 is 28.5. The maximum atomic E-state index is 13.5. The van der Waals surface area contributed by atoms with Gasteiger partial charge in [-0.25, -0.2) is 13.6 Å². The molecule has 2 rings (SSSR count). The number of nitrogens with zero attached hydrogens (tertiary/aromatic N) is 2. The number of Topliss-reactive ketones (excluding diaryl/α,β-unsaturated/α-hetero) is 1. The van der Waals surface area contributed by atoms with Crippen molar-refractivity contribution in [3.05, 3.63) is 68.0 Å². The van der Waals surface area contributed by atoms with Crippen LogP contribution in [0.1, 0.15) is 15.9 Å². The maximum absolute atomic E-state index is 13.5. The molecule has 0 saturated carbocycles. The lowest BCUT2D eigenvalue weighted by Gasteiger charge is -2.07. The number of hydrogen-bond acceptors (Lipinski definition) is 3. The van der Waals surface area contributed by atoms with Gasteiger partial charge in [0.05, 0.1) is 5.56 Å². The van der Waals surface area contributed by atoms with Crippen molar-refractivity contribution < 1.29 is 13.6 Å². The number of halogens is 2. The molecule has 0 spiro atoms. The highest BCUT2D eigenvalue weighted by Gasteiger charge is 2.18. The zero-order chi connectivity index (χ0) is 15.7. The van der Waals surface area contributed by atoms with Crippen molar-refractivity contribution in [1.82, 2.24) is 9.13 Å². The third kappa shape index (κ3) is 2.67. The number of hydrogen-bond donors (Lipinski definition) is 0. The Hall–Kier alpha value is -2.57. The van der Waals surface area contributed by atoms with Crippen LogP contribution >= 0.6 is 0 Å². The molecule has 1 aromatic carbocycles. The molecule has 0 radical (unpaired) electrons. The third-order valence-corrected chi connectivity index (χ3v) is 3.13. The van der Waals surface area contributed by atoms with Gasteiger partial charge in [0.25, 0.3) is 5.56 Å². The Morgan fingerprint density at radius 3 is 2.52 bits per heavy atom. The van der Waals surface area contributed by atoms with E-state index in [1.54, 1.807) is 0 Å². The molecule has 1 aromatic heterocycles. The summed E-state index contributed by atoms with van der Waals surface area (Å²) in [6, 6.07) is 3.48. The minimum absolute atomic E-state index is 0.143. The van der Waals surface area contributed by atoms with E-state index in [9.17, 15) is 23.2 Å². The van der Waals surface area contributed by atoms with Crippen LogP contribution < -0.4 is 11.2 Å². The van der Waals surface area contributed by atoms with Gasteiger partial charge in [0.15, 0.2) is 17.4 Å². The molecule has 0 aliphatic heterocycles. The summed E-state index contributed by atoms with van der Waals surface area (Å²) in [6.07, 6.45) is 0.640. The maximum Gasteiger partial charge on any atom is 0.330 e. The molecule has 110 valence electrons. The van der Waals surface area contributed by atoms with Crippen LogP contribution in [0.5, 0.6) is 0 Å². The number of carbonyl (C=O) groups is 1. The van der Waals surface area contributed by atoms with E-state index >= 15 is 0 Å². The molecule has 0 aliphatic rings. The molecule has 0 atom stereocenters. The second-order valence-electron chi connectivity index (χ2n) is 4.61. The molecule has 0 saturated heterocycles. The molecule has 0 bridgehead atoms. The van der Waals surface area contributed by atoms with Gasteiger partial charge in [-0.15, -0.1) is 0 Å². The lowest BCUT2D eigenvalue weighted by Crippen LogP contribution is -2.39. The molecule has 2 aromatic rings. The first-order chi connectivity index (χ1) is 9.82. The van der Waals surface area contributed by atoms with Gasteiger partial charge in [-0.05, 0) is 11.6 Å². The van der Waals surface area contributed by atoms with Crippen LogP contribution in [-0.4, -0.2) is 14.9 Å². The lowest BCUT2D eigenvalue weighted by atomic mass is 10.0. The van der Waals surface area contributed by atoms with E-state index < -0.39 is 35.1 Å². The Labute approximate surface area is 118 Å². The normalized spacial score (nSPS) is 10.7. The van der Waals surface area contributed by atoms with Gasteiger partial charge in [0.2, 0.25) is 0 Å². The molecule has 0 amide bonds. The van der Waals surface area contributed by atoms with Crippen molar-refractivity contribution in [1.29, 1.82) is 0 Å². The monoisotopic (exact) mass is 294 g/mol. The summed E-state index contributed by atoms with van der Waals surface area (Å²) in [7, 11) is 2.63. The third-order valence-electron chi connectivity index (χ3n) is 3.13. The second kappa shape index (κ2) is 5.43. The van der Waals surface area contributed by atoms with Crippen molar-refractivity contribution >= 4 is 5.78 Å². The van der Waals surface area contributed by atoms with E-state index in [0.717, 1.165) is 21.4 Å². The Morgan fingerprint density at radius 2 is 1.86 bits per heavy atom. The highest BCUT2D eigenvalue weighted by molar-refractivity contribution is 5.96. The van der Waals surface area contributed by atoms with Gasteiger partial charge in [0.1, 0.15) is 0 Å². The van der Waals surface area contributed by atoms with Crippen LogP contribution in [0.3, 0.4) is 0 Å². The predicted molar refractivity (Wildman–Crippen MR) is 71.3 cm³/mol. The van der Waals surface area contributed by atoms with Gasteiger partial charge in [0, 0.05) is 26.7 Å². The number of benzene rings is 1. The number of aromatic nitrogens is 2. The molecule has 21 heavy (non-hydrogen) atoms. The molecule has 0 aliphatic carbocycles. The van der Waals surface area contributed by atoms with Crippen molar-refractivity contribution in [2.45, 2.75) is 6.42 Å². The first-order valence-corrected chi connectivity index (χ1v) is 6.05. The van der Waals surface area contributed by atoms with Crippen LogP contribution in [-0.2, 0) is 20.5 Å². The fourth-order valence-corrected chi connectivity index (χ4v) is 1.95. The molecule has 0 fully saturated rings. The number of carbonyl (C=O) groups excluding carboxylic acids is 1. The number of aryl methyl sites for hydroxylation is 1. The minimum atomic E-state index is -1.12. The zero-order valence-corrected chi connectivity index (χ0v) is 11.4. The largest absolute Gasteiger partial charge is 0.330 e. The quantitative estimate of drug-likeness (QED) is 0.786. The van der Waals surface area contributed by atoms with Crippen molar-refractivity contribution in [2.24, 2.45) is 14.1 Å². The summed E-state index contributed by atoms with van der Waals surface area (Å²) in [5.74, 6) is -2.86. The molecular formula is C14H12F2N2O3. The van der Waals surface area contributed by atoms with Crippen LogP contribution in [0, 0.1) is 11.6 Å². The Bertz CT molecular complexity index is 837. The topological polar surface area (TPSA) is 61.1 Å². The Morgan fingerprint density at radius 1 is 1.19 bits per heavy atom. The number of rotatable bonds is 3. The van der Waals surface area contributed by atoms with Crippen LogP contribution in [0.15, 0.2) is 34.0 Å². The summed E-state index contributed by atoms with van der Waals surface area (Å²) in [5, 5.41) is 0. The standard InChI is InChI=1S/C14H12F2N2O3/c1-17-7-9(13(20)18(2)14(17)21)11(19)6-8-4-3-5-10(15)12(8)16/h3-5,7H,6H2,1-2H3. The van der Waals surface area contributed by atoms with E-state index in [1.165, 1.54) is 26.2 Å². The van der Waals surface area contributed by atoms with Gasteiger partial charge in [-0.1, -0.05) is 12.1 Å². The van der Waals surface area contributed by atoms with Gasteiger partial charge >= 0.3 is 5.69 Å². The second-order valence-corrected chi connectivity index (χ2v) is 4.61. The van der Waals surface area contributed by atoms with Crippen molar-refractivity contribution in [2.75, 3.05) is 0 Å². The summed E-state index contributed by atoms with van der Waals surface area (Å²) in [4.78, 5) is 35.5. The van der Waals surface area contributed by atoms with E-state index in [-0.39, 0.29) is 11.1 Å². The average molecular weight is 294 g/mol.